The highest BCUT2D eigenvalue weighted by atomic mass is 16.5. The van der Waals surface area contributed by atoms with Gasteiger partial charge in [0, 0.05) is 18.6 Å². The van der Waals surface area contributed by atoms with Gasteiger partial charge in [0.25, 0.3) is 0 Å². The average Bonchev–Trinajstić information content (AvgIpc) is 2.66. The molecule has 0 atom stereocenters. The molecular formula is C22H37N3O2. The Labute approximate surface area is 164 Å². The molecule has 2 amide bonds. The molecule has 2 rings (SSSR count). The standard InChI is InChI=1S/C22H37N3O2/c1-22(2,3)25-15-12-18(13-16-25)7-5-6-14-23-21(26)24-17-19-8-10-20(27-4)11-9-19/h8-11,18H,5-7,12-17H2,1-4H3,(H2,23,24,26). The van der Waals surface area contributed by atoms with Crippen LogP contribution >= 0.6 is 0 Å². The highest BCUT2D eigenvalue weighted by Crippen LogP contribution is 2.26. The Kier molecular flexibility index (Phi) is 8.42. The minimum Gasteiger partial charge on any atom is -0.497 e. The van der Waals surface area contributed by atoms with E-state index in [4.69, 9.17) is 4.74 Å². The molecule has 0 radical (unpaired) electrons. The molecule has 5 nitrogen and oxygen atoms in total. The van der Waals surface area contributed by atoms with E-state index in [0.29, 0.717) is 12.1 Å². The van der Waals surface area contributed by atoms with Crippen molar-refractivity contribution < 1.29 is 9.53 Å². The molecule has 1 aliphatic rings. The van der Waals surface area contributed by atoms with E-state index in [2.05, 4.69) is 36.3 Å². The van der Waals surface area contributed by atoms with E-state index in [1.807, 2.05) is 24.3 Å². The maximum Gasteiger partial charge on any atom is 0.315 e. The van der Waals surface area contributed by atoms with Crippen molar-refractivity contribution in [3.8, 4) is 5.75 Å². The summed E-state index contributed by atoms with van der Waals surface area (Å²) in [7, 11) is 1.65. The topological polar surface area (TPSA) is 53.6 Å². The quantitative estimate of drug-likeness (QED) is 0.670. The number of nitrogens with one attached hydrogen (secondary N) is 2. The van der Waals surface area contributed by atoms with Crippen LogP contribution in [0.3, 0.4) is 0 Å². The summed E-state index contributed by atoms with van der Waals surface area (Å²) in [5.74, 6) is 1.68. The zero-order chi connectivity index (χ0) is 19.7. The molecule has 1 aromatic rings. The van der Waals surface area contributed by atoms with Gasteiger partial charge in [-0.3, -0.25) is 4.90 Å². The summed E-state index contributed by atoms with van der Waals surface area (Å²) >= 11 is 0. The molecule has 27 heavy (non-hydrogen) atoms. The zero-order valence-electron chi connectivity index (χ0n) is 17.5. The number of piperidine rings is 1. The Morgan fingerprint density at radius 3 is 2.37 bits per heavy atom. The van der Waals surface area contributed by atoms with Gasteiger partial charge in [-0.25, -0.2) is 4.79 Å². The highest BCUT2D eigenvalue weighted by molar-refractivity contribution is 5.73. The lowest BCUT2D eigenvalue weighted by Crippen LogP contribution is -2.46. The molecule has 0 aliphatic carbocycles. The summed E-state index contributed by atoms with van der Waals surface area (Å²) in [4.78, 5) is 14.5. The van der Waals surface area contributed by atoms with Crippen molar-refractivity contribution in [3.63, 3.8) is 0 Å². The van der Waals surface area contributed by atoms with Crippen LogP contribution in [0.2, 0.25) is 0 Å². The van der Waals surface area contributed by atoms with Crippen LogP contribution in [0.1, 0.15) is 58.4 Å². The van der Waals surface area contributed by atoms with Gasteiger partial charge in [-0.15, -0.1) is 0 Å². The Morgan fingerprint density at radius 2 is 1.78 bits per heavy atom. The van der Waals surface area contributed by atoms with Crippen LogP contribution in [0, 0.1) is 5.92 Å². The van der Waals surface area contributed by atoms with Gasteiger partial charge in [-0.05, 0) is 76.7 Å². The SMILES string of the molecule is COc1ccc(CNC(=O)NCCCCC2CCN(C(C)(C)C)CC2)cc1. The second-order valence-electron chi connectivity index (χ2n) is 8.55. The number of likely N-dealkylation sites (tertiary alicyclic amines) is 1. The smallest absolute Gasteiger partial charge is 0.315 e. The fourth-order valence-electron chi connectivity index (χ4n) is 3.64. The third-order valence-electron chi connectivity index (χ3n) is 5.50. The monoisotopic (exact) mass is 375 g/mol. The summed E-state index contributed by atoms with van der Waals surface area (Å²) in [5.41, 5.74) is 1.36. The van der Waals surface area contributed by atoms with E-state index in [1.165, 1.54) is 38.8 Å². The first-order chi connectivity index (χ1) is 12.9. The lowest BCUT2D eigenvalue weighted by molar-refractivity contribution is 0.0847. The predicted molar refractivity (Wildman–Crippen MR) is 111 cm³/mol. The molecule has 152 valence electrons. The average molecular weight is 376 g/mol. The minimum absolute atomic E-state index is 0.0932. The molecule has 0 bridgehead atoms. The summed E-state index contributed by atoms with van der Waals surface area (Å²) in [6.45, 7) is 10.6. The number of unbranched alkanes of at least 4 members (excludes halogenated alkanes) is 1. The minimum atomic E-state index is -0.0932. The van der Waals surface area contributed by atoms with E-state index in [0.717, 1.165) is 30.2 Å². The number of hydrogen-bond acceptors (Lipinski definition) is 3. The van der Waals surface area contributed by atoms with Gasteiger partial charge in [0.15, 0.2) is 0 Å². The van der Waals surface area contributed by atoms with Gasteiger partial charge in [-0.1, -0.05) is 25.0 Å². The largest absolute Gasteiger partial charge is 0.497 e. The van der Waals surface area contributed by atoms with Crippen LogP contribution in [-0.4, -0.2) is 43.2 Å². The van der Waals surface area contributed by atoms with E-state index in [9.17, 15) is 4.79 Å². The van der Waals surface area contributed by atoms with Crippen molar-refractivity contribution in [3.05, 3.63) is 29.8 Å². The summed E-state index contributed by atoms with van der Waals surface area (Å²) in [6, 6.07) is 7.64. The first-order valence-electron chi connectivity index (χ1n) is 10.3. The number of amides is 2. The molecule has 2 N–H and O–H groups in total. The molecule has 0 saturated carbocycles. The van der Waals surface area contributed by atoms with Crippen LogP contribution in [-0.2, 0) is 6.54 Å². The molecule has 0 unspecified atom stereocenters. The van der Waals surface area contributed by atoms with Crippen molar-refractivity contribution in [2.45, 2.75) is 65.0 Å². The van der Waals surface area contributed by atoms with Crippen LogP contribution in [0.5, 0.6) is 5.75 Å². The van der Waals surface area contributed by atoms with E-state index >= 15 is 0 Å². The summed E-state index contributed by atoms with van der Waals surface area (Å²) in [6.07, 6.45) is 6.15. The maximum atomic E-state index is 11.9. The first kappa shape index (κ1) is 21.5. The number of benzene rings is 1. The van der Waals surface area contributed by atoms with Gasteiger partial charge in [0.05, 0.1) is 7.11 Å². The van der Waals surface area contributed by atoms with Crippen LogP contribution in [0.15, 0.2) is 24.3 Å². The number of ether oxygens (including phenoxy) is 1. The molecule has 0 aromatic heterocycles. The van der Waals surface area contributed by atoms with Crippen molar-refractivity contribution >= 4 is 6.03 Å². The number of rotatable bonds is 8. The van der Waals surface area contributed by atoms with Gasteiger partial charge >= 0.3 is 6.03 Å². The van der Waals surface area contributed by atoms with E-state index in [-0.39, 0.29) is 6.03 Å². The molecule has 1 saturated heterocycles. The zero-order valence-corrected chi connectivity index (χ0v) is 17.5. The molecule has 0 spiro atoms. The number of carbonyl (C=O) groups is 1. The maximum absolute atomic E-state index is 11.9. The fraction of sp³-hybridized carbons (Fsp3) is 0.682. The second kappa shape index (κ2) is 10.5. The van der Waals surface area contributed by atoms with E-state index in [1.54, 1.807) is 7.11 Å². The molecule has 1 aliphatic heterocycles. The molecule has 1 aromatic carbocycles. The van der Waals surface area contributed by atoms with Crippen LogP contribution in [0.25, 0.3) is 0 Å². The van der Waals surface area contributed by atoms with Crippen molar-refractivity contribution in [2.75, 3.05) is 26.7 Å². The van der Waals surface area contributed by atoms with Gasteiger partial charge in [-0.2, -0.15) is 0 Å². The molecule has 1 fully saturated rings. The third kappa shape index (κ3) is 7.79. The van der Waals surface area contributed by atoms with Crippen LogP contribution < -0.4 is 15.4 Å². The fourth-order valence-corrected chi connectivity index (χ4v) is 3.64. The Balaban J connectivity index is 1.51. The molecular weight excluding hydrogens is 338 g/mol. The predicted octanol–water partition coefficient (Wildman–Crippen LogP) is 4.18. The molecule has 5 heteroatoms. The number of nitrogens with zero attached hydrogens (tertiary/aromatic N) is 1. The lowest BCUT2D eigenvalue weighted by Gasteiger charge is -2.41. The van der Waals surface area contributed by atoms with Crippen molar-refractivity contribution in [1.29, 1.82) is 0 Å². The number of urea groups is 1. The van der Waals surface area contributed by atoms with Gasteiger partial charge in [0.2, 0.25) is 0 Å². The molecule has 1 heterocycles. The number of carbonyl (C=O) groups excluding carboxylic acids is 1. The highest BCUT2D eigenvalue weighted by Gasteiger charge is 2.26. The van der Waals surface area contributed by atoms with Crippen LogP contribution in [0.4, 0.5) is 4.79 Å². The van der Waals surface area contributed by atoms with Crippen molar-refractivity contribution in [1.82, 2.24) is 15.5 Å². The Bertz CT molecular complexity index is 558. The van der Waals surface area contributed by atoms with Gasteiger partial charge in [0.1, 0.15) is 5.75 Å². The Morgan fingerprint density at radius 1 is 1.11 bits per heavy atom. The number of hydrogen-bond donors (Lipinski definition) is 2. The van der Waals surface area contributed by atoms with Crippen molar-refractivity contribution in [2.24, 2.45) is 5.92 Å². The Hall–Kier alpha value is -1.75. The second-order valence-corrected chi connectivity index (χ2v) is 8.55. The van der Waals surface area contributed by atoms with Gasteiger partial charge < -0.3 is 15.4 Å². The summed E-state index contributed by atoms with van der Waals surface area (Å²) in [5, 5.41) is 5.86. The van der Waals surface area contributed by atoms with E-state index < -0.39 is 0 Å². The third-order valence-corrected chi connectivity index (χ3v) is 5.50. The summed E-state index contributed by atoms with van der Waals surface area (Å²) < 4.78 is 5.13. The normalized spacial score (nSPS) is 16.1. The lowest BCUT2D eigenvalue weighted by atomic mass is 9.89. The number of methoxy groups -OCH3 is 1. The first-order valence-corrected chi connectivity index (χ1v) is 10.3.